The second-order valence-electron chi connectivity index (χ2n) is 7.48. The Balaban J connectivity index is 1.41. The van der Waals surface area contributed by atoms with Gasteiger partial charge in [-0.05, 0) is 51.0 Å². The zero-order valence-electron chi connectivity index (χ0n) is 16.9. The predicted molar refractivity (Wildman–Crippen MR) is 109 cm³/mol. The number of hydrogen-bond acceptors (Lipinski definition) is 4. The summed E-state index contributed by atoms with van der Waals surface area (Å²) in [7, 11) is 0. The maximum Gasteiger partial charge on any atom is 0.257 e. The van der Waals surface area contributed by atoms with E-state index >= 15 is 0 Å². The lowest BCUT2D eigenvalue weighted by Crippen LogP contribution is -2.39. The summed E-state index contributed by atoms with van der Waals surface area (Å²) in [6.45, 7) is 4.80. The zero-order chi connectivity index (χ0) is 21.3. The summed E-state index contributed by atoms with van der Waals surface area (Å²) in [5, 5.41) is 7.16. The van der Waals surface area contributed by atoms with Gasteiger partial charge >= 0.3 is 0 Å². The number of carbonyl (C=O) groups is 2. The molecule has 4 rings (SSSR count). The van der Waals surface area contributed by atoms with Gasteiger partial charge < -0.3 is 14.6 Å². The summed E-state index contributed by atoms with van der Waals surface area (Å²) in [5.41, 5.74) is 0.849. The molecule has 1 aromatic carbocycles. The topological polar surface area (TPSA) is 80.4 Å². The van der Waals surface area contributed by atoms with Crippen LogP contribution in [-0.2, 0) is 0 Å². The number of hydrogen-bond donors (Lipinski definition) is 1. The second-order valence-corrected chi connectivity index (χ2v) is 7.48. The highest BCUT2D eigenvalue weighted by atomic mass is 19.1. The number of halogens is 1. The first kappa shape index (κ1) is 19.9. The number of rotatable bonds is 4. The van der Waals surface area contributed by atoms with Crippen molar-refractivity contribution in [1.82, 2.24) is 14.7 Å². The Hall–Kier alpha value is -3.42. The molecule has 156 valence electrons. The fourth-order valence-corrected chi connectivity index (χ4v) is 3.85. The van der Waals surface area contributed by atoms with Gasteiger partial charge in [-0.1, -0.05) is 6.07 Å². The first-order valence-corrected chi connectivity index (χ1v) is 9.89. The van der Waals surface area contributed by atoms with Crippen LogP contribution in [0.25, 0.3) is 0 Å². The number of benzene rings is 1. The summed E-state index contributed by atoms with van der Waals surface area (Å²) >= 11 is 0. The van der Waals surface area contributed by atoms with Gasteiger partial charge in [0, 0.05) is 24.7 Å². The number of furan rings is 1. The number of likely N-dealkylation sites (tertiary alicyclic amines) is 1. The number of nitrogens with zero attached hydrogens (tertiary/aromatic N) is 3. The van der Waals surface area contributed by atoms with E-state index in [4.69, 9.17) is 4.42 Å². The minimum atomic E-state index is -0.462. The van der Waals surface area contributed by atoms with Crippen LogP contribution in [-0.4, -0.2) is 39.6 Å². The van der Waals surface area contributed by atoms with Crippen molar-refractivity contribution in [3.63, 3.8) is 0 Å². The van der Waals surface area contributed by atoms with Crippen molar-refractivity contribution >= 4 is 17.6 Å². The van der Waals surface area contributed by atoms with Crippen LogP contribution in [0.15, 0.2) is 47.0 Å². The first-order chi connectivity index (χ1) is 14.4. The van der Waals surface area contributed by atoms with E-state index in [1.54, 1.807) is 36.0 Å². The van der Waals surface area contributed by atoms with Gasteiger partial charge in [-0.15, -0.1) is 0 Å². The first-order valence-electron chi connectivity index (χ1n) is 9.89. The molecule has 2 amide bonds. The Morgan fingerprint density at radius 2 is 1.93 bits per heavy atom. The molecule has 1 aliphatic rings. The van der Waals surface area contributed by atoms with Gasteiger partial charge in [0.2, 0.25) is 0 Å². The molecule has 1 aliphatic heterocycles. The lowest BCUT2D eigenvalue weighted by atomic mass is 10.0. The Labute approximate surface area is 173 Å². The number of nitrogens with one attached hydrogen (secondary N) is 1. The average molecular weight is 410 g/mol. The smallest absolute Gasteiger partial charge is 0.257 e. The molecule has 1 fully saturated rings. The molecular weight excluding hydrogens is 387 g/mol. The van der Waals surface area contributed by atoms with Gasteiger partial charge in [0.15, 0.2) is 0 Å². The van der Waals surface area contributed by atoms with E-state index in [0.29, 0.717) is 43.1 Å². The van der Waals surface area contributed by atoms with E-state index in [1.807, 2.05) is 11.8 Å². The fraction of sp³-hybridized carbons (Fsp3) is 0.318. The van der Waals surface area contributed by atoms with E-state index in [2.05, 4.69) is 10.4 Å². The van der Waals surface area contributed by atoms with Crippen LogP contribution in [0.4, 0.5) is 10.2 Å². The maximum absolute atomic E-state index is 13.4. The van der Waals surface area contributed by atoms with Crippen molar-refractivity contribution in [3.05, 3.63) is 71.1 Å². The SMILES string of the molecule is Cc1cc(C(=O)N2CCC(n3nccc3NC(=O)c3cccc(F)c3)CC2)c(C)o1. The summed E-state index contributed by atoms with van der Waals surface area (Å²) < 4.78 is 20.6. The molecule has 3 aromatic rings. The normalized spacial score (nSPS) is 14.7. The van der Waals surface area contributed by atoms with Gasteiger partial charge in [0.1, 0.15) is 23.2 Å². The van der Waals surface area contributed by atoms with E-state index in [0.717, 1.165) is 5.76 Å². The number of aromatic nitrogens is 2. The molecule has 0 bridgehead atoms. The third-order valence-electron chi connectivity index (χ3n) is 5.37. The van der Waals surface area contributed by atoms with Crippen LogP contribution in [0.1, 0.15) is 51.1 Å². The molecule has 0 unspecified atom stereocenters. The third-order valence-corrected chi connectivity index (χ3v) is 5.37. The number of amides is 2. The molecule has 0 saturated carbocycles. The lowest BCUT2D eigenvalue weighted by Gasteiger charge is -2.32. The van der Waals surface area contributed by atoms with Crippen molar-refractivity contribution in [2.45, 2.75) is 32.7 Å². The minimum absolute atomic E-state index is 0.0251. The standard InChI is InChI=1S/C22H23FN4O3/c1-14-12-19(15(2)30-14)22(29)26-10-7-18(8-11-26)27-20(6-9-24-27)25-21(28)16-4-3-5-17(23)13-16/h3-6,9,12-13,18H,7-8,10-11H2,1-2H3,(H,25,28). The van der Waals surface area contributed by atoms with Gasteiger partial charge in [-0.25, -0.2) is 9.07 Å². The highest BCUT2D eigenvalue weighted by molar-refractivity contribution is 6.03. The van der Waals surface area contributed by atoms with Crippen molar-refractivity contribution in [2.24, 2.45) is 0 Å². The minimum Gasteiger partial charge on any atom is -0.466 e. The van der Waals surface area contributed by atoms with Gasteiger partial charge in [-0.2, -0.15) is 5.10 Å². The molecule has 8 heteroatoms. The molecule has 0 radical (unpaired) electrons. The number of carbonyl (C=O) groups excluding carboxylic acids is 2. The van der Waals surface area contributed by atoms with Crippen LogP contribution in [0.5, 0.6) is 0 Å². The van der Waals surface area contributed by atoms with Gasteiger partial charge in [0.25, 0.3) is 11.8 Å². The quantitative estimate of drug-likeness (QED) is 0.706. The molecule has 1 saturated heterocycles. The summed E-state index contributed by atoms with van der Waals surface area (Å²) in [4.78, 5) is 27.1. The molecule has 1 N–H and O–H groups in total. The Morgan fingerprint density at radius 3 is 2.60 bits per heavy atom. The number of piperidine rings is 1. The van der Waals surface area contributed by atoms with Crippen LogP contribution in [0, 0.1) is 19.7 Å². The van der Waals surface area contributed by atoms with E-state index in [9.17, 15) is 14.0 Å². The fourth-order valence-electron chi connectivity index (χ4n) is 3.85. The lowest BCUT2D eigenvalue weighted by molar-refractivity contribution is 0.0689. The molecule has 0 aliphatic carbocycles. The van der Waals surface area contributed by atoms with Crippen molar-refractivity contribution in [2.75, 3.05) is 18.4 Å². The highest BCUT2D eigenvalue weighted by Gasteiger charge is 2.28. The van der Waals surface area contributed by atoms with Crippen LogP contribution in [0.2, 0.25) is 0 Å². The van der Waals surface area contributed by atoms with Gasteiger partial charge in [-0.3, -0.25) is 9.59 Å². The third kappa shape index (κ3) is 3.98. The van der Waals surface area contributed by atoms with Crippen LogP contribution < -0.4 is 5.32 Å². The average Bonchev–Trinajstić information content (AvgIpc) is 3.33. The maximum atomic E-state index is 13.4. The Kier molecular flexibility index (Phi) is 5.39. The molecule has 3 heterocycles. The van der Waals surface area contributed by atoms with Crippen LogP contribution >= 0.6 is 0 Å². The molecule has 2 aromatic heterocycles. The zero-order valence-corrected chi connectivity index (χ0v) is 16.9. The van der Waals surface area contributed by atoms with Gasteiger partial charge in [0.05, 0.1) is 17.8 Å². The molecule has 0 atom stereocenters. The summed E-state index contributed by atoms with van der Waals surface area (Å²) in [6, 6.07) is 9.09. The van der Waals surface area contributed by atoms with Crippen LogP contribution in [0.3, 0.4) is 0 Å². The van der Waals surface area contributed by atoms with Crippen molar-refractivity contribution in [3.8, 4) is 0 Å². The number of anilines is 1. The number of aryl methyl sites for hydroxylation is 2. The highest BCUT2D eigenvalue weighted by Crippen LogP contribution is 2.27. The van der Waals surface area contributed by atoms with E-state index in [1.165, 1.54) is 18.2 Å². The van der Waals surface area contributed by atoms with Crippen molar-refractivity contribution in [1.29, 1.82) is 0 Å². The Morgan fingerprint density at radius 1 is 1.17 bits per heavy atom. The summed E-state index contributed by atoms with van der Waals surface area (Å²) in [5.74, 6) is 1.03. The second kappa shape index (κ2) is 8.14. The summed E-state index contributed by atoms with van der Waals surface area (Å²) in [6.07, 6.45) is 3.05. The molecular formula is C22H23FN4O3. The van der Waals surface area contributed by atoms with Crippen molar-refractivity contribution < 1.29 is 18.4 Å². The Bertz CT molecular complexity index is 1080. The predicted octanol–water partition coefficient (Wildman–Crippen LogP) is 3.96. The molecule has 0 spiro atoms. The van der Waals surface area contributed by atoms with E-state index < -0.39 is 11.7 Å². The van der Waals surface area contributed by atoms with E-state index in [-0.39, 0.29) is 17.5 Å². The largest absolute Gasteiger partial charge is 0.466 e. The molecule has 7 nitrogen and oxygen atoms in total. The molecule has 30 heavy (non-hydrogen) atoms. The monoisotopic (exact) mass is 410 g/mol.